The van der Waals surface area contributed by atoms with Gasteiger partial charge in [0.1, 0.15) is 0 Å². The molecule has 0 saturated carbocycles. The van der Waals surface area contributed by atoms with E-state index in [0.717, 1.165) is 83.7 Å². The third-order valence-electron chi connectivity index (χ3n) is 8.55. The summed E-state index contributed by atoms with van der Waals surface area (Å²) in [6, 6.07) is 0. The average molecular weight is 728 g/mol. The maximum atomic E-state index is 11.8. The minimum atomic E-state index is -0.868. The summed E-state index contributed by atoms with van der Waals surface area (Å²) in [5, 5.41) is 21.0. The van der Waals surface area contributed by atoms with Gasteiger partial charge < -0.3 is 0 Å². The molecule has 0 aromatic carbocycles. The smallest absolute Gasteiger partial charge is 0 e. The standard InChI is InChI=1S/C34H34N4O4.3Fe/c1-7-21-17(3)25-13-26-19(5)23(9-11-33(39)40)31(37-26)16-32-24(10-12-34(41)42)20(6)28(38-32)15-30-22(8-2)18(4)27(36-30)14-29(21)35-25;;;/h7-8,13-16H,1-2,9-12H2,3-6H3,(H4,35,36,37,38,39,40,41,42);;;/q;;;+2/p-2/b25-13?,26-13-,27-14?,28-15-,29-14-,30-15?,31-16-,32-16?;;;. The van der Waals surface area contributed by atoms with Crippen molar-refractivity contribution in [3.63, 3.8) is 0 Å². The van der Waals surface area contributed by atoms with Gasteiger partial charge in [0.05, 0.1) is 0 Å². The van der Waals surface area contributed by atoms with Crippen LogP contribution in [0.5, 0.6) is 0 Å². The second kappa shape index (κ2) is 13.1. The maximum absolute atomic E-state index is 11.8. The van der Waals surface area contributed by atoms with Crippen LogP contribution in [0.15, 0.2) is 62.9 Å². The van der Waals surface area contributed by atoms with Gasteiger partial charge >= 0.3 is 257 Å². The van der Waals surface area contributed by atoms with Gasteiger partial charge in [-0.05, 0) is 0 Å². The molecule has 0 atom stereocenters. The summed E-state index contributed by atoms with van der Waals surface area (Å²) < 4.78 is 4.47. The fourth-order valence-corrected chi connectivity index (χ4v) is 7.77. The number of fused-ring (bicyclic) bond motifs is 2. The quantitative estimate of drug-likeness (QED) is 0.384. The first-order valence-corrected chi connectivity index (χ1v) is 15.1. The van der Waals surface area contributed by atoms with E-state index in [1.54, 1.807) is 0 Å². The van der Waals surface area contributed by atoms with E-state index >= 15 is 0 Å². The summed E-state index contributed by atoms with van der Waals surface area (Å²) in [4.78, 5) is 33.4. The van der Waals surface area contributed by atoms with Gasteiger partial charge in [-0.25, -0.2) is 0 Å². The molecule has 0 saturated heterocycles. The molecule has 2 N–H and O–H groups in total. The van der Waals surface area contributed by atoms with Gasteiger partial charge in [-0.15, -0.1) is 0 Å². The van der Waals surface area contributed by atoms with Crippen LogP contribution in [0.4, 0.5) is 0 Å². The Morgan fingerprint density at radius 1 is 0.778 bits per heavy atom. The molecule has 6 rings (SSSR count). The molecule has 0 fully saturated rings. The Balaban J connectivity index is 0.00000230. The molecule has 0 radical (unpaired) electrons. The third kappa shape index (κ3) is 5.74. The number of carbonyl (C=O) groups is 2. The monoisotopic (exact) mass is 728 g/mol. The Morgan fingerprint density at radius 2 is 1.40 bits per heavy atom. The van der Waals surface area contributed by atoms with E-state index in [-0.39, 0.29) is 47.0 Å². The van der Waals surface area contributed by atoms with Crippen LogP contribution < -0.4 is 10.7 Å². The van der Waals surface area contributed by atoms with Gasteiger partial charge in [0.15, 0.2) is 0 Å². The zero-order valence-corrected chi connectivity index (χ0v) is 28.6. The van der Waals surface area contributed by atoms with Crippen LogP contribution in [0.1, 0.15) is 66.8 Å². The number of aliphatic carboxylic acids is 2. The van der Waals surface area contributed by atoms with Crippen molar-refractivity contribution >= 4 is 53.7 Å². The number of aromatic nitrogens is 2. The Hall–Kier alpha value is -3.42. The summed E-state index contributed by atoms with van der Waals surface area (Å²) >= 11 is 0.463. The molecule has 8 nitrogen and oxygen atoms in total. The van der Waals surface area contributed by atoms with Crippen molar-refractivity contribution in [1.82, 2.24) is 7.17 Å². The molecule has 0 amide bonds. The Bertz CT molecular complexity index is 2030. The number of hydrogen-bond acceptors (Lipinski definition) is 4. The molecule has 45 heavy (non-hydrogen) atoms. The number of aliphatic imine (C=N–C) groups is 2. The zero-order valence-electron chi connectivity index (χ0n) is 25.3. The third-order valence-corrected chi connectivity index (χ3v) is 10.1. The molecule has 236 valence electrons. The first-order valence-electron chi connectivity index (χ1n) is 14.1. The van der Waals surface area contributed by atoms with E-state index in [2.05, 4.69) is 45.5 Å². The van der Waals surface area contributed by atoms with Crippen molar-refractivity contribution in [2.75, 3.05) is 0 Å². The molecule has 0 aliphatic carbocycles. The number of rotatable bonds is 8. The number of carboxylic acids is 2. The molecule has 11 heteroatoms. The second-order valence-electron chi connectivity index (χ2n) is 11.0. The number of allylic oxidation sites excluding steroid dienone is 4. The molecular weight excluding hydrogens is 696 g/mol. The van der Waals surface area contributed by atoms with Crippen LogP contribution in [0.25, 0.3) is 30.4 Å². The predicted octanol–water partition coefficient (Wildman–Crippen LogP) is 4.73. The van der Waals surface area contributed by atoms with Crippen LogP contribution in [0.3, 0.4) is 0 Å². The SMILES string of the molecule is C=CC1=C(C)C2=NC/1=C\c1c(C)c(C=C)c3[n]1[Fe][n]1/c(c(C)c(CCC(=O)O)/c1=C/C1=NC(=C\3)/C(C)=C1CCC(=O)O)=C\2.[Fe].[Fe]. The van der Waals surface area contributed by atoms with Gasteiger partial charge in [-0.3, -0.25) is 0 Å². The van der Waals surface area contributed by atoms with Crippen molar-refractivity contribution in [1.29, 1.82) is 0 Å². The van der Waals surface area contributed by atoms with Gasteiger partial charge in [0.2, 0.25) is 0 Å². The number of carboxylic acid groups (broad SMARTS) is 2. The van der Waals surface area contributed by atoms with E-state index < -0.39 is 11.9 Å². The zero-order chi connectivity index (χ0) is 30.7. The van der Waals surface area contributed by atoms with E-state index in [9.17, 15) is 19.8 Å². The minimum absolute atomic E-state index is 0. The first kappa shape index (κ1) is 34.5. The van der Waals surface area contributed by atoms with Crippen molar-refractivity contribution in [3.8, 4) is 0 Å². The fourth-order valence-electron chi connectivity index (χ4n) is 6.14. The van der Waals surface area contributed by atoms with E-state index in [4.69, 9.17) is 9.98 Å². The van der Waals surface area contributed by atoms with Gasteiger partial charge in [0, 0.05) is 34.1 Å². The van der Waals surface area contributed by atoms with Crippen LogP contribution in [-0.4, -0.2) is 40.7 Å². The van der Waals surface area contributed by atoms with Crippen molar-refractivity contribution < 1.29 is 69.3 Å². The van der Waals surface area contributed by atoms with Gasteiger partial charge in [-0.2, -0.15) is 0 Å². The van der Waals surface area contributed by atoms with E-state index in [1.165, 1.54) is 0 Å². The molecule has 6 bridgehead atoms. The van der Waals surface area contributed by atoms with Crippen molar-refractivity contribution in [3.05, 3.63) is 97.3 Å². The minimum Gasteiger partial charge on any atom is 0 e. The molecule has 2 aromatic heterocycles. The van der Waals surface area contributed by atoms with Gasteiger partial charge in [-0.1, -0.05) is 0 Å². The first-order chi connectivity index (χ1) is 20.5. The summed E-state index contributed by atoms with van der Waals surface area (Å²) in [7, 11) is 0. The molecular formula is C34H32Fe3N4O4. The summed E-state index contributed by atoms with van der Waals surface area (Å²) in [5.74, 6) is -1.74. The summed E-state index contributed by atoms with van der Waals surface area (Å²) in [6.45, 7) is 16.4. The summed E-state index contributed by atoms with van der Waals surface area (Å²) in [6.07, 6.45) is 12.7. The molecule has 4 aliphatic rings. The van der Waals surface area contributed by atoms with Crippen LogP contribution >= 0.6 is 0 Å². The molecule has 2 aromatic rings. The molecule has 6 heterocycles. The average Bonchev–Trinajstić information content (AvgIpc) is 3.58. The van der Waals surface area contributed by atoms with Crippen molar-refractivity contribution in [2.45, 2.75) is 53.4 Å². The van der Waals surface area contributed by atoms with E-state index in [0.29, 0.717) is 33.9 Å². The van der Waals surface area contributed by atoms with Crippen LogP contribution in [0, 0.1) is 13.8 Å². The van der Waals surface area contributed by atoms with Crippen LogP contribution in [0.2, 0.25) is 0 Å². The fraction of sp³-hybridized carbons (Fsp3) is 0.235. The molecule has 0 spiro atoms. The number of nitrogens with zero attached hydrogens (tertiary/aromatic N) is 4. The van der Waals surface area contributed by atoms with Gasteiger partial charge in [0.25, 0.3) is 0 Å². The number of hydrogen-bond donors (Lipinski definition) is 2. The maximum Gasteiger partial charge on any atom is 0 e. The Morgan fingerprint density at radius 3 is 2.04 bits per heavy atom. The topological polar surface area (TPSA) is 109 Å². The summed E-state index contributed by atoms with van der Waals surface area (Å²) in [5.41, 5.74) is 12.9. The Kier molecular flexibility index (Phi) is 10.1. The Labute approximate surface area is 289 Å². The second-order valence-corrected chi connectivity index (χ2v) is 12.2. The van der Waals surface area contributed by atoms with Crippen molar-refractivity contribution in [2.24, 2.45) is 9.98 Å². The molecule has 0 unspecified atom stereocenters. The predicted molar refractivity (Wildman–Crippen MR) is 167 cm³/mol. The molecule has 4 aliphatic heterocycles. The van der Waals surface area contributed by atoms with Crippen LogP contribution in [-0.2, 0) is 65.5 Å². The van der Waals surface area contributed by atoms with E-state index in [1.807, 2.05) is 39.0 Å². The normalized spacial score (nSPS) is 19.8. The largest absolute Gasteiger partial charge is 0 e.